The largest absolute Gasteiger partial charge is 0.245 e. The van der Waals surface area contributed by atoms with Crippen LogP contribution in [-0.4, -0.2) is 5.54 Å². The van der Waals surface area contributed by atoms with E-state index in [0.29, 0.717) is 0 Å². The number of halogens is 1. The van der Waals surface area contributed by atoms with Gasteiger partial charge >= 0.3 is 0 Å². The molecule has 0 aromatic heterocycles. The summed E-state index contributed by atoms with van der Waals surface area (Å²) < 4.78 is 6.42. The van der Waals surface area contributed by atoms with Crippen molar-refractivity contribution in [1.29, 1.82) is 0 Å². The van der Waals surface area contributed by atoms with Crippen molar-refractivity contribution in [2.24, 2.45) is 0 Å². The SMILES string of the molecule is CC(C)(C)NSNSc1ccc(Cl)cc1. The van der Waals surface area contributed by atoms with Gasteiger partial charge in [-0.1, -0.05) is 11.6 Å². The van der Waals surface area contributed by atoms with E-state index < -0.39 is 0 Å². The molecule has 1 aromatic carbocycles. The van der Waals surface area contributed by atoms with Crippen LogP contribution in [0.3, 0.4) is 0 Å². The van der Waals surface area contributed by atoms with Crippen LogP contribution in [0.25, 0.3) is 0 Å². The highest BCUT2D eigenvalue weighted by molar-refractivity contribution is 8.11. The van der Waals surface area contributed by atoms with E-state index in [2.05, 4.69) is 29.6 Å². The fourth-order valence-electron chi connectivity index (χ4n) is 0.746. The standard InChI is InChI=1S/C10H15ClN2S2/c1-10(2,3)12-15-13-14-9-6-4-8(11)5-7-9/h4-7,12-13H,1-3H3. The molecular weight excluding hydrogens is 248 g/mol. The number of hydrogen-bond donors (Lipinski definition) is 2. The van der Waals surface area contributed by atoms with Crippen LogP contribution in [0.4, 0.5) is 0 Å². The molecule has 0 spiro atoms. The summed E-state index contributed by atoms with van der Waals surface area (Å²) >= 11 is 8.84. The third-order valence-corrected chi connectivity index (χ3v) is 3.51. The smallest absolute Gasteiger partial charge is 0.0406 e. The van der Waals surface area contributed by atoms with Crippen LogP contribution in [0.1, 0.15) is 20.8 Å². The van der Waals surface area contributed by atoms with Crippen LogP contribution < -0.4 is 8.85 Å². The lowest BCUT2D eigenvalue weighted by molar-refractivity contribution is 0.535. The van der Waals surface area contributed by atoms with Gasteiger partial charge < -0.3 is 0 Å². The van der Waals surface area contributed by atoms with E-state index in [4.69, 9.17) is 11.6 Å². The molecule has 84 valence electrons. The zero-order chi connectivity index (χ0) is 11.3. The van der Waals surface area contributed by atoms with Crippen molar-refractivity contribution in [1.82, 2.24) is 8.85 Å². The van der Waals surface area contributed by atoms with Crippen LogP contribution in [-0.2, 0) is 0 Å². The molecule has 0 bridgehead atoms. The summed E-state index contributed by atoms with van der Waals surface area (Å²) in [6.45, 7) is 6.36. The summed E-state index contributed by atoms with van der Waals surface area (Å²) in [5.41, 5.74) is 0.109. The van der Waals surface area contributed by atoms with E-state index >= 15 is 0 Å². The van der Waals surface area contributed by atoms with E-state index in [1.165, 1.54) is 12.1 Å². The molecule has 5 heteroatoms. The quantitative estimate of drug-likeness (QED) is 0.635. The molecule has 0 aliphatic heterocycles. The predicted octanol–water partition coefficient (Wildman–Crippen LogP) is 3.89. The van der Waals surface area contributed by atoms with Crippen LogP contribution >= 0.6 is 35.7 Å². The lowest BCUT2D eigenvalue weighted by Gasteiger charge is -2.18. The summed E-state index contributed by atoms with van der Waals surface area (Å²) in [5, 5.41) is 0.764. The first kappa shape index (κ1) is 13.2. The fourth-order valence-corrected chi connectivity index (χ4v) is 2.17. The summed E-state index contributed by atoms with van der Waals surface area (Å²) in [6, 6.07) is 7.73. The Bertz CT molecular complexity index is 295. The van der Waals surface area contributed by atoms with Gasteiger partial charge in [0.2, 0.25) is 0 Å². The van der Waals surface area contributed by atoms with Crippen molar-refractivity contribution < 1.29 is 0 Å². The number of hydrogen-bond acceptors (Lipinski definition) is 4. The Morgan fingerprint density at radius 3 is 2.27 bits per heavy atom. The third kappa shape index (κ3) is 6.33. The highest BCUT2D eigenvalue weighted by atomic mass is 35.5. The Kier molecular flexibility index (Phi) is 5.29. The van der Waals surface area contributed by atoms with E-state index in [9.17, 15) is 0 Å². The number of benzene rings is 1. The second-order valence-corrected chi connectivity index (χ2v) is 6.28. The van der Waals surface area contributed by atoms with Gasteiger partial charge in [-0.3, -0.25) is 0 Å². The minimum absolute atomic E-state index is 0.109. The first-order valence-electron chi connectivity index (χ1n) is 4.58. The topological polar surface area (TPSA) is 24.1 Å². The van der Waals surface area contributed by atoms with Crippen LogP contribution in [0.5, 0.6) is 0 Å². The van der Waals surface area contributed by atoms with E-state index in [1.807, 2.05) is 24.3 Å². The first-order valence-corrected chi connectivity index (χ1v) is 6.59. The van der Waals surface area contributed by atoms with Crippen LogP contribution in [0.2, 0.25) is 5.02 Å². The molecule has 15 heavy (non-hydrogen) atoms. The molecular formula is C10H15ClN2S2. The Morgan fingerprint density at radius 2 is 1.73 bits per heavy atom. The minimum atomic E-state index is 0.109. The minimum Gasteiger partial charge on any atom is -0.245 e. The molecule has 0 heterocycles. The Hall–Kier alpha value is 0.130. The second kappa shape index (κ2) is 6.01. The Morgan fingerprint density at radius 1 is 1.13 bits per heavy atom. The zero-order valence-corrected chi connectivity index (χ0v) is 11.4. The van der Waals surface area contributed by atoms with Crippen molar-refractivity contribution >= 4 is 35.7 Å². The lowest BCUT2D eigenvalue weighted by Crippen LogP contribution is -2.31. The second-order valence-electron chi connectivity index (χ2n) is 4.09. The molecule has 0 fully saturated rings. The molecule has 0 saturated heterocycles. The molecule has 2 N–H and O–H groups in total. The van der Waals surface area contributed by atoms with Gasteiger partial charge in [0.05, 0.1) is 0 Å². The monoisotopic (exact) mass is 262 g/mol. The molecule has 0 saturated carbocycles. The maximum absolute atomic E-state index is 5.79. The van der Waals surface area contributed by atoms with Gasteiger partial charge in [0.1, 0.15) is 0 Å². The molecule has 1 rings (SSSR count). The highest BCUT2D eigenvalue weighted by Gasteiger charge is 2.08. The van der Waals surface area contributed by atoms with Crippen molar-refractivity contribution in [3.05, 3.63) is 29.3 Å². The van der Waals surface area contributed by atoms with Gasteiger partial charge in [-0.15, -0.1) is 0 Å². The molecule has 0 radical (unpaired) electrons. The summed E-state index contributed by atoms with van der Waals surface area (Å²) in [6.07, 6.45) is 0. The van der Waals surface area contributed by atoms with Crippen LogP contribution in [0, 0.1) is 0 Å². The number of rotatable bonds is 4. The molecule has 0 atom stereocenters. The van der Waals surface area contributed by atoms with Gasteiger partial charge in [-0.05, 0) is 57.0 Å². The summed E-state index contributed by atoms with van der Waals surface area (Å²) in [7, 11) is 0. The van der Waals surface area contributed by atoms with Crippen molar-refractivity contribution in [2.45, 2.75) is 31.2 Å². The van der Waals surface area contributed by atoms with Gasteiger partial charge in [0, 0.05) is 27.6 Å². The highest BCUT2D eigenvalue weighted by Crippen LogP contribution is 2.19. The predicted molar refractivity (Wildman–Crippen MR) is 70.9 cm³/mol. The number of nitrogens with one attached hydrogen (secondary N) is 2. The van der Waals surface area contributed by atoms with Gasteiger partial charge in [-0.2, -0.15) is 4.13 Å². The third-order valence-electron chi connectivity index (χ3n) is 1.37. The van der Waals surface area contributed by atoms with Crippen molar-refractivity contribution in [3.8, 4) is 0 Å². The van der Waals surface area contributed by atoms with E-state index in [1.54, 1.807) is 11.9 Å². The normalized spacial score (nSPS) is 11.7. The maximum atomic E-state index is 5.79. The average molecular weight is 263 g/mol. The Balaban J connectivity index is 2.23. The molecule has 0 amide bonds. The van der Waals surface area contributed by atoms with Gasteiger partial charge in [0.25, 0.3) is 0 Å². The zero-order valence-electron chi connectivity index (χ0n) is 9.00. The molecule has 1 aromatic rings. The Labute approximate surface area is 105 Å². The average Bonchev–Trinajstić information content (AvgIpc) is 2.14. The molecule has 0 aliphatic carbocycles. The van der Waals surface area contributed by atoms with E-state index in [0.717, 1.165) is 9.92 Å². The first-order chi connectivity index (χ1) is 6.97. The fraction of sp³-hybridized carbons (Fsp3) is 0.400. The van der Waals surface area contributed by atoms with Crippen molar-refractivity contribution in [3.63, 3.8) is 0 Å². The van der Waals surface area contributed by atoms with Gasteiger partial charge in [0.15, 0.2) is 0 Å². The van der Waals surface area contributed by atoms with Gasteiger partial charge in [-0.25, -0.2) is 4.72 Å². The molecule has 0 unspecified atom stereocenters. The lowest BCUT2D eigenvalue weighted by atomic mass is 10.1. The molecule has 0 aliphatic rings. The summed E-state index contributed by atoms with van der Waals surface area (Å²) in [5.74, 6) is 0. The van der Waals surface area contributed by atoms with E-state index in [-0.39, 0.29) is 5.54 Å². The maximum Gasteiger partial charge on any atom is 0.0406 e. The van der Waals surface area contributed by atoms with Crippen molar-refractivity contribution in [2.75, 3.05) is 0 Å². The molecule has 2 nitrogen and oxygen atoms in total. The summed E-state index contributed by atoms with van der Waals surface area (Å²) in [4.78, 5) is 1.14. The van der Waals surface area contributed by atoms with Crippen LogP contribution in [0.15, 0.2) is 29.2 Å².